The number of nitrogens with one attached hydrogen (secondary N) is 1. The summed E-state index contributed by atoms with van der Waals surface area (Å²) in [6.07, 6.45) is 0.974. The molecule has 1 rings (SSSR count). The van der Waals surface area contributed by atoms with Crippen LogP contribution in [0.1, 0.15) is 11.8 Å². The van der Waals surface area contributed by atoms with Crippen LogP contribution in [0.4, 0.5) is 0 Å². The predicted molar refractivity (Wildman–Crippen MR) is 57.4 cm³/mol. The molecule has 0 aliphatic carbocycles. The van der Waals surface area contributed by atoms with Crippen molar-refractivity contribution in [1.82, 2.24) is 10.3 Å². The predicted octanol–water partition coefficient (Wildman–Crippen LogP) is 1.11. The quantitative estimate of drug-likeness (QED) is 0.852. The van der Waals surface area contributed by atoms with E-state index >= 15 is 0 Å². The number of aliphatic hydroxyl groups excluding tert-OH is 1. The molecule has 1 aromatic heterocycles. The average Bonchev–Trinajstić information content (AvgIpc) is 2.18. The second kappa shape index (κ2) is 5.29. The van der Waals surface area contributed by atoms with Crippen molar-refractivity contribution >= 4 is 15.9 Å². The molecule has 78 valence electrons. The van der Waals surface area contributed by atoms with Crippen molar-refractivity contribution in [3.05, 3.63) is 22.4 Å². The van der Waals surface area contributed by atoms with E-state index < -0.39 is 6.10 Å². The first kappa shape index (κ1) is 11.4. The van der Waals surface area contributed by atoms with E-state index in [1.54, 1.807) is 26.4 Å². The third-order valence-electron chi connectivity index (χ3n) is 1.81. The Hall–Kier alpha value is -0.650. The summed E-state index contributed by atoms with van der Waals surface area (Å²) in [4.78, 5) is 4.09. The standard InChI is InChI=1S/C9H13BrN2O2/c1-11-5-6(13)9-8(10)7(14-2)3-4-12-9/h3-4,6,11,13H,5H2,1-2H3. The number of likely N-dealkylation sites (N-methyl/N-ethyl adjacent to an activating group) is 1. The van der Waals surface area contributed by atoms with Crippen molar-refractivity contribution in [2.24, 2.45) is 0 Å². The van der Waals surface area contributed by atoms with Gasteiger partial charge in [0.25, 0.3) is 0 Å². The van der Waals surface area contributed by atoms with Crippen molar-refractivity contribution < 1.29 is 9.84 Å². The number of hydrogen-bond donors (Lipinski definition) is 2. The van der Waals surface area contributed by atoms with E-state index in [9.17, 15) is 5.11 Å². The molecule has 0 fully saturated rings. The number of aromatic nitrogens is 1. The lowest BCUT2D eigenvalue weighted by atomic mass is 10.2. The fraction of sp³-hybridized carbons (Fsp3) is 0.444. The lowest BCUT2D eigenvalue weighted by Gasteiger charge is -2.12. The van der Waals surface area contributed by atoms with Crippen molar-refractivity contribution in [3.8, 4) is 5.75 Å². The van der Waals surface area contributed by atoms with Crippen LogP contribution in [-0.4, -0.2) is 30.8 Å². The molecule has 0 saturated carbocycles. The van der Waals surface area contributed by atoms with Crippen LogP contribution < -0.4 is 10.1 Å². The van der Waals surface area contributed by atoms with E-state index in [0.717, 1.165) is 0 Å². The first-order chi connectivity index (χ1) is 6.70. The summed E-state index contributed by atoms with van der Waals surface area (Å²) in [7, 11) is 3.35. The molecule has 1 atom stereocenters. The van der Waals surface area contributed by atoms with Gasteiger partial charge in [0.15, 0.2) is 0 Å². The number of aliphatic hydroxyl groups is 1. The second-order valence-electron chi connectivity index (χ2n) is 2.79. The third-order valence-corrected chi connectivity index (χ3v) is 2.61. The van der Waals surface area contributed by atoms with Crippen LogP contribution in [0.25, 0.3) is 0 Å². The topological polar surface area (TPSA) is 54.4 Å². The van der Waals surface area contributed by atoms with E-state index in [1.165, 1.54) is 0 Å². The zero-order valence-corrected chi connectivity index (χ0v) is 9.71. The van der Waals surface area contributed by atoms with Gasteiger partial charge in [-0.3, -0.25) is 4.98 Å². The highest BCUT2D eigenvalue weighted by molar-refractivity contribution is 9.10. The number of rotatable bonds is 4. The van der Waals surface area contributed by atoms with Gasteiger partial charge in [-0.2, -0.15) is 0 Å². The zero-order valence-electron chi connectivity index (χ0n) is 8.12. The van der Waals surface area contributed by atoms with Gasteiger partial charge < -0.3 is 15.2 Å². The Bertz CT molecular complexity index is 307. The molecule has 0 aromatic carbocycles. The van der Waals surface area contributed by atoms with E-state index in [2.05, 4.69) is 26.2 Å². The number of nitrogens with zero attached hydrogens (tertiary/aromatic N) is 1. The Kier molecular flexibility index (Phi) is 4.31. The number of ether oxygens (including phenoxy) is 1. The summed E-state index contributed by atoms with van der Waals surface area (Å²) >= 11 is 3.34. The summed E-state index contributed by atoms with van der Waals surface area (Å²) in [5, 5.41) is 12.6. The molecule has 14 heavy (non-hydrogen) atoms. The monoisotopic (exact) mass is 260 g/mol. The maximum atomic E-state index is 9.71. The third kappa shape index (κ3) is 2.43. The molecule has 0 amide bonds. The second-order valence-corrected chi connectivity index (χ2v) is 3.58. The van der Waals surface area contributed by atoms with Crippen LogP contribution in [-0.2, 0) is 0 Å². The maximum absolute atomic E-state index is 9.71. The first-order valence-electron chi connectivity index (χ1n) is 4.21. The van der Waals surface area contributed by atoms with Crippen molar-refractivity contribution in [1.29, 1.82) is 0 Å². The van der Waals surface area contributed by atoms with Crippen LogP contribution in [0.2, 0.25) is 0 Å². The lowest BCUT2D eigenvalue weighted by molar-refractivity contribution is 0.171. The summed E-state index contributed by atoms with van der Waals surface area (Å²) < 4.78 is 5.79. The highest BCUT2D eigenvalue weighted by Gasteiger charge is 2.14. The maximum Gasteiger partial charge on any atom is 0.136 e. The molecular weight excluding hydrogens is 248 g/mol. The zero-order chi connectivity index (χ0) is 10.6. The minimum absolute atomic E-state index is 0.457. The van der Waals surface area contributed by atoms with Crippen LogP contribution in [0.3, 0.4) is 0 Å². The molecular formula is C9H13BrN2O2. The van der Waals surface area contributed by atoms with Gasteiger partial charge in [0.05, 0.1) is 17.3 Å². The number of pyridine rings is 1. The molecule has 0 radical (unpaired) electrons. The smallest absolute Gasteiger partial charge is 0.136 e. The average molecular weight is 261 g/mol. The van der Waals surface area contributed by atoms with Gasteiger partial charge in [-0.1, -0.05) is 0 Å². The minimum Gasteiger partial charge on any atom is -0.495 e. The van der Waals surface area contributed by atoms with Gasteiger partial charge >= 0.3 is 0 Å². The molecule has 1 aromatic rings. The molecule has 0 saturated heterocycles. The number of methoxy groups -OCH3 is 1. The minimum atomic E-state index is -0.635. The fourth-order valence-electron chi connectivity index (χ4n) is 1.12. The first-order valence-corrected chi connectivity index (χ1v) is 5.01. The highest BCUT2D eigenvalue weighted by Crippen LogP contribution is 2.29. The van der Waals surface area contributed by atoms with Crippen LogP contribution in [0, 0.1) is 0 Å². The lowest BCUT2D eigenvalue weighted by Crippen LogP contribution is -2.18. The van der Waals surface area contributed by atoms with Crippen LogP contribution >= 0.6 is 15.9 Å². The van der Waals surface area contributed by atoms with Gasteiger partial charge in [0.2, 0.25) is 0 Å². The van der Waals surface area contributed by atoms with Crippen molar-refractivity contribution in [2.45, 2.75) is 6.10 Å². The van der Waals surface area contributed by atoms with Gasteiger partial charge in [-0.15, -0.1) is 0 Å². The number of halogens is 1. The summed E-state index contributed by atoms with van der Waals surface area (Å²) in [6.45, 7) is 0.457. The van der Waals surface area contributed by atoms with Gasteiger partial charge in [-0.25, -0.2) is 0 Å². The van der Waals surface area contributed by atoms with E-state index in [1.807, 2.05) is 0 Å². The SMILES string of the molecule is CNCC(O)c1nccc(OC)c1Br. The molecule has 1 unspecified atom stereocenters. The molecule has 0 spiro atoms. The van der Waals surface area contributed by atoms with E-state index in [0.29, 0.717) is 22.5 Å². The van der Waals surface area contributed by atoms with Crippen LogP contribution in [0.15, 0.2) is 16.7 Å². The Balaban J connectivity index is 2.96. The Morgan fingerprint density at radius 3 is 3.00 bits per heavy atom. The van der Waals surface area contributed by atoms with Gasteiger partial charge in [0.1, 0.15) is 11.9 Å². The molecule has 4 nitrogen and oxygen atoms in total. The van der Waals surface area contributed by atoms with Gasteiger partial charge in [-0.05, 0) is 29.0 Å². The Labute approximate surface area is 91.4 Å². The van der Waals surface area contributed by atoms with Crippen molar-refractivity contribution in [3.63, 3.8) is 0 Å². The summed E-state index contributed by atoms with van der Waals surface area (Å²) in [6, 6.07) is 1.74. The molecule has 0 bridgehead atoms. The molecule has 0 aliphatic rings. The molecule has 0 aliphatic heterocycles. The highest BCUT2D eigenvalue weighted by atomic mass is 79.9. The summed E-state index contributed by atoms with van der Waals surface area (Å²) in [5.74, 6) is 0.671. The summed E-state index contributed by atoms with van der Waals surface area (Å²) in [5.41, 5.74) is 0.582. The number of hydrogen-bond acceptors (Lipinski definition) is 4. The fourth-order valence-corrected chi connectivity index (χ4v) is 1.78. The Morgan fingerprint density at radius 2 is 2.43 bits per heavy atom. The molecule has 5 heteroatoms. The normalized spacial score (nSPS) is 12.6. The largest absolute Gasteiger partial charge is 0.495 e. The van der Waals surface area contributed by atoms with Crippen molar-refractivity contribution in [2.75, 3.05) is 20.7 Å². The van der Waals surface area contributed by atoms with E-state index in [4.69, 9.17) is 4.74 Å². The van der Waals surface area contributed by atoms with Gasteiger partial charge in [0, 0.05) is 12.7 Å². The molecule has 1 heterocycles. The van der Waals surface area contributed by atoms with E-state index in [-0.39, 0.29) is 0 Å². The Morgan fingerprint density at radius 1 is 1.71 bits per heavy atom. The van der Waals surface area contributed by atoms with Crippen LogP contribution in [0.5, 0.6) is 5.75 Å². The molecule has 2 N–H and O–H groups in total.